The standard InChI is InChI=1S/C53H60N10O21S6/c1-31-21-43(49(83-15-18-86-66)29-41(31)60-62-45-23-33(3)39(27-47(45)79-5)58-56-37-11-9-35(81-13-7-17-85-65)25-51(37)89(73,74)75)54-53(64)55-44-22-32(2)42(30-50(44)84-16-20-88(70,71)72)61-63-46-24-34(4)40(28-48(46)80-6)59-57-38-12-10-36(26-52(38)90(76,77)78)82-14-8-19-87(67,68)69/h9-12,21-30,65-66H,7-8,13-20H2,1-6H3,(H2,54,55,64)(H,67,68,69)(H,70,71,72)(H,73,74,75)(H,76,77,78). The number of carbonyl (C=O) groups excluding carboxylic acids is 1. The second kappa shape index (κ2) is 32.2. The number of benzene rings is 6. The Morgan fingerprint density at radius 3 is 1.18 bits per heavy atom. The first-order valence-corrected chi connectivity index (χ1v) is 34.1. The molecule has 0 fully saturated rings. The molecule has 0 bridgehead atoms. The van der Waals surface area contributed by atoms with Crippen LogP contribution < -0.4 is 39.1 Å². The normalized spacial score (nSPS) is 12.3. The second-order valence-electron chi connectivity index (χ2n) is 18.8. The number of ether oxygens (including phenoxy) is 6. The first-order chi connectivity index (χ1) is 42.5. The molecule has 31 nitrogen and oxygen atoms in total. The monoisotopic (exact) mass is 1360 g/mol. The summed E-state index contributed by atoms with van der Waals surface area (Å²) in [7, 11) is -15.7. The minimum Gasteiger partial charge on any atom is -0.494 e. The number of aryl methyl sites for hydroxylation is 4. The Kier molecular flexibility index (Phi) is 25.4. The number of urea groups is 1. The first kappa shape index (κ1) is 71.1. The summed E-state index contributed by atoms with van der Waals surface area (Å²) in [4.78, 5) is 12.7. The summed E-state index contributed by atoms with van der Waals surface area (Å²) in [6.07, 6.45) is 0.363. The fourth-order valence-corrected chi connectivity index (χ4v) is 10.1. The van der Waals surface area contributed by atoms with Gasteiger partial charge in [0.25, 0.3) is 40.5 Å². The van der Waals surface area contributed by atoms with Crippen molar-refractivity contribution in [2.24, 2.45) is 40.9 Å². The van der Waals surface area contributed by atoms with Crippen molar-refractivity contribution in [2.45, 2.75) is 50.3 Å². The molecule has 0 aromatic heterocycles. The minimum absolute atomic E-state index is 0.0172. The Morgan fingerprint density at radius 2 is 0.789 bits per heavy atom. The molecule has 0 aliphatic heterocycles. The van der Waals surface area contributed by atoms with Crippen LogP contribution in [0.15, 0.2) is 136 Å². The van der Waals surface area contributed by atoms with E-state index < -0.39 is 74.4 Å². The van der Waals surface area contributed by atoms with Gasteiger partial charge in [0, 0.05) is 42.2 Å². The van der Waals surface area contributed by atoms with Gasteiger partial charge in [0.1, 0.15) is 79.4 Å². The summed E-state index contributed by atoms with van der Waals surface area (Å²) in [5.74, 6) is -0.503. The summed E-state index contributed by atoms with van der Waals surface area (Å²) in [6, 6.07) is 18.4. The molecule has 2 amide bonds. The molecule has 6 aromatic carbocycles. The van der Waals surface area contributed by atoms with Crippen LogP contribution in [-0.4, -0.2) is 131 Å². The van der Waals surface area contributed by atoms with Crippen molar-refractivity contribution in [1.29, 1.82) is 0 Å². The summed E-state index contributed by atoms with van der Waals surface area (Å²) in [5, 5.41) is 39.4. The van der Waals surface area contributed by atoms with E-state index in [4.69, 9.17) is 37.5 Å². The molecule has 0 heterocycles. The van der Waals surface area contributed by atoms with Gasteiger partial charge in [-0.25, -0.2) is 4.79 Å². The predicted molar refractivity (Wildman–Crippen MR) is 334 cm³/mol. The topological polar surface area (TPSA) is 453 Å². The van der Waals surface area contributed by atoms with Crippen LogP contribution in [0, 0.1) is 27.7 Å². The molecular formula is C53H60N10O21S6. The van der Waals surface area contributed by atoms with Crippen LogP contribution in [0.5, 0.6) is 34.5 Å². The van der Waals surface area contributed by atoms with Crippen molar-refractivity contribution in [3.63, 3.8) is 0 Å². The molecule has 0 unspecified atom stereocenters. The van der Waals surface area contributed by atoms with E-state index in [9.17, 15) is 56.7 Å². The van der Waals surface area contributed by atoms with E-state index in [1.165, 1.54) is 74.9 Å². The van der Waals surface area contributed by atoms with Crippen LogP contribution in [-0.2, 0) is 40.5 Å². The lowest BCUT2D eigenvalue weighted by atomic mass is 10.1. The Balaban J connectivity index is 1.23. The van der Waals surface area contributed by atoms with Gasteiger partial charge in [-0.3, -0.25) is 18.2 Å². The average Bonchev–Trinajstić information content (AvgIpc) is 0.941. The highest BCUT2D eigenvalue weighted by Gasteiger charge is 2.22. The van der Waals surface area contributed by atoms with Gasteiger partial charge in [0.05, 0.1) is 79.7 Å². The highest BCUT2D eigenvalue weighted by molar-refractivity contribution is 7.93. The highest BCUT2D eigenvalue weighted by Crippen LogP contribution is 2.42. The SMILES string of the molecule is COc1cc(N=Nc2ccc(OCCCSO)cc2S(=O)(=O)O)c(C)cc1N=Nc1cc(OCCSO)c(NC(=O)Nc2cc(C)c(N=Nc3cc(C)c(N=Nc4ccc(OCCCS(=O)(=O)O)cc4S(=O)(=O)O)cc3OC)cc2OCCS(=O)(=O)O)cc1C. The van der Waals surface area contributed by atoms with Crippen LogP contribution in [0.1, 0.15) is 35.1 Å². The molecule has 6 rings (SSSR count). The number of nitrogens with zero attached hydrogens (tertiary/aromatic N) is 8. The van der Waals surface area contributed by atoms with Gasteiger partial charge < -0.3 is 48.2 Å². The molecule has 0 saturated heterocycles. The molecule has 0 spiro atoms. The number of anilines is 2. The van der Waals surface area contributed by atoms with Gasteiger partial charge in [-0.2, -0.15) is 54.1 Å². The zero-order chi connectivity index (χ0) is 66.0. The number of hydrogen-bond donors (Lipinski definition) is 8. The average molecular weight is 1370 g/mol. The first-order valence-electron chi connectivity index (χ1n) is 26.1. The van der Waals surface area contributed by atoms with E-state index >= 15 is 0 Å². The zero-order valence-corrected chi connectivity index (χ0v) is 53.4. The van der Waals surface area contributed by atoms with Gasteiger partial charge in [-0.15, -0.1) is 20.5 Å². The Bertz CT molecular complexity index is 4200. The van der Waals surface area contributed by atoms with Crippen molar-refractivity contribution in [1.82, 2.24) is 0 Å². The Morgan fingerprint density at radius 1 is 0.422 bits per heavy atom. The summed E-state index contributed by atoms with van der Waals surface area (Å²) in [6.45, 7) is 5.98. The lowest BCUT2D eigenvalue weighted by Crippen LogP contribution is -2.21. The Hall–Kier alpha value is -7.95. The molecule has 37 heteroatoms. The van der Waals surface area contributed by atoms with Crippen molar-refractivity contribution in [2.75, 3.05) is 74.3 Å². The van der Waals surface area contributed by atoms with Crippen LogP contribution in [0.2, 0.25) is 0 Å². The quantitative estimate of drug-likeness (QED) is 0.00841. The van der Waals surface area contributed by atoms with Crippen LogP contribution >= 0.6 is 24.1 Å². The summed E-state index contributed by atoms with van der Waals surface area (Å²) >= 11 is 1.15. The van der Waals surface area contributed by atoms with Gasteiger partial charge in [-0.1, -0.05) is 0 Å². The van der Waals surface area contributed by atoms with Crippen LogP contribution in [0.3, 0.4) is 0 Å². The molecule has 6 aromatic rings. The summed E-state index contributed by atoms with van der Waals surface area (Å²) < 4.78 is 185. The smallest absolute Gasteiger partial charge is 0.323 e. The van der Waals surface area contributed by atoms with Gasteiger partial charge in [0.2, 0.25) is 0 Å². The maximum atomic E-state index is 13.9. The maximum Gasteiger partial charge on any atom is 0.323 e. The van der Waals surface area contributed by atoms with Crippen LogP contribution in [0.4, 0.5) is 61.7 Å². The molecule has 8 N–H and O–H groups in total. The molecular weight excluding hydrogens is 1310 g/mol. The van der Waals surface area contributed by atoms with E-state index in [0.717, 1.165) is 12.1 Å². The summed E-state index contributed by atoms with van der Waals surface area (Å²) in [5.41, 5.74) is 2.81. The molecule has 0 atom stereocenters. The number of nitrogens with one attached hydrogen (secondary N) is 2. The van der Waals surface area contributed by atoms with Crippen molar-refractivity contribution < 1.29 is 94.2 Å². The number of carbonyl (C=O) groups is 1. The van der Waals surface area contributed by atoms with Gasteiger partial charge in [0.15, 0.2) is 0 Å². The van der Waals surface area contributed by atoms with Crippen molar-refractivity contribution >= 4 is 127 Å². The van der Waals surface area contributed by atoms with E-state index in [1.54, 1.807) is 39.8 Å². The van der Waals surface area contributed by atoms with E-state index in [2.05, 4.69) is 51.5 Å². The largest absolute Gasteiger partial charge is 0.494 e. The number of rotatable bonds is 32. The predicted octanol–water partition coefficient (Wildman–Crippen LogP) is 13.2. The third-order valence-corrected chi connectivity index (χ3v) is 16.1. The minimum atomic E-state index is -4.88. The lowest BCUT2D eigenvalue weighted by Gasteiger charge is -2.17. The molecule has 0 aliphatic carbocycles. The molecule has 0 saturated carbocycles. The Labute approximate surface area is 525 Å². The van der Waals surface area contributed by atoms with E-state index in [-0.39, 0.29) is 123 Å². The lowest BCUT2D eigenvalue weighted by molar-refractivity contribution is 0.261. The van der Waals surface area contributed by atoms with E-state index in [0.29, 0.717) is 58.5 Å². The zero-order valence-electron chi connectivity index (χ0n) is 48.5. The fraction of sp³-hybridized carbons (Fsp3) is 0.302. The number of hydrogen-bond acceptors (Lipinski definition) is 27. The number of methoxy groups -OCH3 is 2. The van der Waals surface area contributed by atoms with E-state index in [1.807, 2.05) is 0 Å². The van der Waals surface area contributed by atoms with Crippen LogP contribution in [0.25, 0.3) is 0 Å². The van der Waals surface area contributed by atoms with Gasteiger partial charge in [-0.05, 0) is 135 Å². The second-order valence-corrected chi connectivity index (χ2v) is 26.1. The van der Waals surface area contributed by atoms with Crippen molar-refractivity contribution in [3.05, 3.63) is 107 Å². The highest BCUT2D eigenvalue weighted by atomic mass is 32.2. The number of azo groups is 4. The van der Waals surface area contributed by atoms with Gasteiger partial charge >= 0.3 is 6.03 Å². The third kappa shape index (κ3) is 21.6. The van der Waals surface area contributed by atoms with Crippen molar-refractivity contribution in [3.8, 4) is 34.5 Å². The number of amides is 2. The third-order valence-electron chi connectivity index (χ3n) is 12.1. The fourth-order valence-electron chi connectivity index (χ4n) is 7.67. The molecule has 0 aliphatic rings. The molecule has 90 heavy (non-hydrogen) atoms. The molecule has 484 valence electrons. The maximum absolute atomic E-state index is 13.9. The molecule has 0 radical (unpaired) electrons.